The molecule has 250 valence electrons. The Labute approximate surface area is 305 Å². The van der Waals surface area contributed by atoms with Crippen molar-refractivity contribution < 1.29 is 33.6 Å². The number of nitrogens with one attached hydrogen (secondary N) is 3. The molecule has 0 radical (unpaired) electrons. The van der Waals surface area contributed by atoms with E-state index in [1.165, 1.54) is 17.9 Å². The van der Waals surface area contributed by atoms with Crippen LogP contribution in [0, 0.1) is 7.14 Å². The fourth-order valence-corrected chi connectivity index (χ4v) is 7.31. The van der Waals surface area contributed by atoms with Gasteiger partial charge in [0.1, 0.15) is 19.0 Å². The highest BCUT2D eigenvalue weighted by Gasteiger charge is 2.32. The number of ether oxygens (including phenoxy) is 4. The molecule has 0 saturated heterocycles. The van der Waals surface area contributed by atoms with Gasteiger partial charge in [0.15, 0.2) is 17.7 Å². The number of carbonyl (C=O) groups excluding carboxylic acids is 2. The Hall–Kier alpha value is -4.09. The lowest BCUT2D eigenvalue weighted by molar-refractivity contribution is -0.136. The van der Waals surface area contributed by atoms with Crippen LogP contribution < -0.4 is 30.3 Å². The van der Waals surface area contributed by atoms with Crippen LogP contribution in [-0.4, -0.2) is 49.9 Å². The van der Waals surface area contributed by atoms with Crippen molar-refractivity contribution in [2.45, 2.75) is 32.7 Å². The zero-order chi connectivity index (χ0) is 34.2. The molecule has 0 bridgehead atoms. The van der Waals surface area contributed by atoms with Gasteiger partial charge in [0.25, 0.3) is 0 Å². The molecule has 2 amide bonds. The van der Waals surface area contributed by atoms with Crippen molar-refractivity contribution in [3.05, 3.63) is 108 Å². The lowest BCUT2D eigenvalue weighted by Gasteiger charge is -2.28. The van der Waals surface area contributed by atoms with Crippen molar-refractivity contribution >= 4 is 74.2 Å². The second-order valence-corrected chi connectivity index (χ2v) is 13.0. The molecule has 11 nitrogen and oxygen atoms in total. The first-order valence-corrected chi connectivity index (χ1v) is 17.2. The fraction of sp³-hybridized carbons (Fsp3) is 0.229. The summed E-state index contributed by atoms with van der Waals surface area (Å²) in [5, 5.41) is 22.4. The summed E-state index contributed by atoms with van der Waals surface area (Å²) < 4.78 is 24.7. The van der Waals surface area contributed by atoms with E-state index in [1.54, 1.807) is 31.3 Å². The summed E-state index contributed by atoms with van der Waals surface area (Å²) in [7, 11) is 1.28. The molecular weight excluding hydrogens is 842 g/mol. The van der Waals surface area contributed by atoms with E-state index in [1.807, 2.05) is 37.3 Å². The van der Waals surface area contributed by atoms with E-state index in [4.69, 9.17) is 18.9 Å². The topological polar surface area (TPSA) is 140 Å². The van der Waals surface area contributed by atoms with Crippen molar-refractivity contribution in [3.8, 4) is 17.2 Å². The Kier molecular flexibility index (Phi) is 12.0. The molecule has 0 aromatic heterocycles. The Morgan fingerprint density at radius 3 is 2.52 bits per heavy atom. The van der Waals surface area contributed by atoms with Crippen LogP contribution >= 0.6 is 45.2 Å². The fourth-order valence-electron chi connectivity index (χ4n) is 5.18. The molecule has 0 unspecified atom stereocenters. The SMILES string of the molecule is CCOc1cc([C@@H]2NC(=O)NC(C)=C2C(=O)OC)ccc1OC[C@H](O)N/N=C\c1cc(I)c(OCc2cccc3ccccc23)c(I)c1. The van der Waals surface area contributed by atoms with Gasteiger partial charge in [-0.3, -0.25) is 5.43 Å². The van der Waals surface area contributed by atoms with Gasteiger partial charge in [-0.15, -0.1) is 0 Å². The molecule has 4 aromatic carbocycles. The number of hydrogen-bond acceptors (Lipinski definition) is 9. The highest BCUT2D eigenvalue weighted by Crippen LogP contribution is 2.35. The van der Waals surface area contributed by atoms with Gasteiger partial charge < -0.3 is 34.7 Å². The normalized spacial score (nSPS) is 15.1. The number of carbonyl (C=O) groups is 2. The first-order valence-electron chi connectivity index (χ1n) is 15.0. The summed E-state index contributed by atoms with van der Waals surface area (Å²) in [6.07, 6.45) is 0.488. The first-order chi connectivity index (χ1) is 23.2. The number of nitrogens with zero attached hydrogens (tertiary/aromatic N) is 1. The van der Waals surface area contributed by atoms with Gasteiger partial charge in [0.05, 0.1) is 38.7 Å². The lowest BCUT2D eigenvalue weighted by atomic mass is 9.95. The van der Waals surface area contributed by atoms with Crippen molar-refractivity contribution in [3.63, 3.8) is 0 Å². The van der Waals surface area contributed by atoms with Gasteiger partial charge in [-0.1, -0.05) is 48.5 Å². The van der Waals surface area contributed by atoms with Crippen LogP contribution in [0.4, 0.5) is 4.79 Å². The maximum absolute atomic E-state index is 12.5. The second-order valence-electron chi connectivity index (χ2n) is 10.7. The maximum atomic E-state index is 12.5. The molecule has 48 heavy (non-hydrogen) atoms. The standard InChI is InChI=1S/C35H34I2N4O7/c1-4-46-29-16-23(32-31(34(43)45-3)20(2)39-35(44)40-32)12-13-28(29)47-19-30(42)41-38-17-21-14-26(36)33(27(37)15-21)48-18-24-10-7-9-22-8-5-6-11-25(22)24/h5-17,30,32,41-42H,4,18-19H2,1-3H3,(H2,39,40,44)/b38-17-/t30-,32-/m0/s1. The largest absolute Gasteiger partial charge is 0.490 e. The average molecular weight is 876 g/mol. The van der Waals surface area contributed by atoms with Crippen molar-refractivity contribution in [1.29, 1.82) is 0 Å². The average Bonchev–Trinajstić information content (AvgIpc) is 3.07. The predicted molar refractivity (Wildman–Crippen MR) is 199 cm³/mol. The number of amides is 2. The molecule has 1 heterocycles. The number of hydrogen-bond donors (Lipinski definition) is 4. The minimum absolute atomic E-state index is 0.136. The molecule has 13 heteroatoms. The predicted octanol–water partition coefficient (Wildman–Crippen LogP) is 6.15. The number of benzene rings is 4. The van der Waals surface area contributed by atoms with Crippen LogP contribution in [0.1, 0.15) is 36.6 Å². The van der Waals surface area contributed by atoms with Crippen molar-refractivity contribution in [2.75, 3.05) is 20.3 Å². The van der Waals surface area contributed by atoms with E-state index in [0.717, 1.165) is 24.0 Å². The van der Waals surface area contributed by atoms with Crippen LogP contribution in [0.3, 0.4) is 0 Å². The number of methoxy groups -OCH3 is 1. The number of rotatable bonds is 13. The number of aliphatic hydroxyl groups is 1. The number of hydrazone groups is 1. The summed E-state index contributed by atoms with van der Waals surface area (Å²) in [6, 6.07) is 22.2. The molecule has 4 N–H and O–H groups in total. The summed E-state index contributed by atoms with van der Waals surface area (Å²) in [5.74, 6) is 0.985. The van der Waals surface area contributed by atoms with E-state index < -0.39 is 24.3 Å². The third kappa shape index (κ3) is 8.49. The minimum Gasteiger partial charge on any atom is -0.490 e. The van der Waals surface area contributed by atoms with E-state index in [9.17, 15) is 14.7 Å². The van der Waals surface area contributed by atoms with Gasteiger partial charge in [0.2, 0.25) is 0 Å². The molecule has 4 aromatic rings. The Balaban J connectivity index is 1.19. The molecule has 0 spiro atoms. The van der Waals surface area contributed by atoms with Crippen molar-refractivity contribution in [2.24, 2.45) is 5.10 Å². The number of esters is 1. The molecular formula is C35H34I2N4O7. The molecule has 5 rings (SSSR count). The molecule has 2 atom stereocenters. The molecule has 0 fully saturated rings. The Morgan fingerprint density at radius 2 is 1.77 bits per heavy atom. The van der Waals surface area contributed by atoms with Crippen LogP contribution in [0.15, 0.2) is 89.2 Å². The zero-order valence-corrected chi connectivity index (χ0v) is 30.7. The first kappa shape index (κ1) is 35.2. The monoisotopic (exact) mass is 876 g/mol. The Morgan fingerprint density at radius 1 is 1.02 bits per heavy atom. The molecule has 1 aliphatic rings. The third-order valence-electron chi connectivity index (χ3n) is 7.38. The van der Waals surface area contributed by atoms with Crippen LogP contribution in [-0.2, 0) is 16.1 Å². The van der Waals surface area contributed by atoms with Crippen LogP contribution in [0.25, 0.3) is 10.8 Å². The smallest absolute Gasteiger partial charge is 0.337 e. The lowest BCUT2D eigenvalue weighted by Crippen LogP contribution is -2.45. The number of aliphatic hydroxyl groups excluding tert-OH is 1. The van der Waals surface area contributed by atoms with E-state index in [0.29, 0.717) is 36.0 Å². The number of halogens is 2. The summed E-state index contributed by atoms with van der Waals surface area (Å²) in [5.41, 5.74) is 5.89. The zero-order valence-electron chi connectivity index (χ0n) is 26.4. The van der Waals surface area contributed by atoms with Crippen molar-refractivity contribution in [1.82, 2.24) is 16.1 Å². The summed E-state index contributed by atoms with van der Waals surface area (Å²) in [6.45, 7) is 4.11. The summed E-state index contributed by atoms with van der Waals surface area (Å²) >= 11 is 4.50. The van der Waals surface area contributed by atoms with E-state index >= 15 is 0 Å². The second kappa shape index (κ2) is 16.3. The highest BCUT2D eigenvalue weighted by atomic mass is 127. The third-order valence-corrected chi connectivity index (χ3v) is 8.98. The van der Waals surface area contributed by atoms with E-state index in [-0.39, 0.29) is 12.2 Å². The maximum Gasteiger partial charge on any atom is 0.337 e. The quantitative estimate of drug-likeness (QED) is 0.0413. The van der Waals surface area contributed by atoms with Gasteiger partial charge in [0, 0.05) is 5.70 Å². The summed E-state index contributed by atoms with van der Waals surface area (Å²) in [4.78, 5) is 24.7. The number of fused-ring (bicyclic) bond motifs is 1. The van der Waals surface area contributed by atoms with Gasteiger partial charge in [-0.25, -0.2) is 9.59 Å². The minimum atomic E-state index is -1.13. The Bertz CT molecular complexity index is 1850. The van der Waals surface area contributed by atoms with Gasteiger partial charge in [-0.2, -0.15) is 5.10 Å². The van der Waals surface area contributed by atoms with Crippen LogP contribution in [0.2, 0.25) is 0 Å². The van der Waals surface area contributed by atoms with Gasteiger partial charge in [-0.05, 0) is 111 Å². The van der Waals surface area contributed by atoms with Gasteiger partial charge >= 0.3 is 12.0 Å². The molecule has 0 aliphatic carbocycles. The van der Waals surface area contributed by atoms with Crippen LogP contribution in [0.5, 0.6) is 17.2 Å². The van der Waals surface area contributed by atoms with E-state index in [2.05, 4.69) is 90.6 Å². The molecule has 1 aliphatic heterocycles. The highest BCUT2D eigenvalue weighted by molar-refractivity contribution is 14.1. The molecule has 0 saturated carbocycles. The number of allylic oxidation sites excluding steroid dienone is 1. The number of urea groups is 1.